The third-order valence-electron chi connectivity index (χ3n) is 2.39. The largest absolute Gasteiger partial charge is 0.322 e. The molecule has 2 N–H and O–H groups in total. The highest BCUT2D eigenvalue weighted by atomic mass is 32.1. The summed E-state index contributed by atoms with van der Waals surface area (Å²) < 4.78 is 0. The summed E-state index contributed by atoms with van der Waals surface area (Å²) in [4.78, 5) is 2.71. The fourth-order valence-electron chi connectivity index (χ4n) is 1.39. The Kier molecular flexibility index (Phi) is 2.59. The first-order valence-corrected chi connectivity index (χ1v) is 5.15. The molecule has 0 saturated heterocycles. The van der Waals surface area contributed by atoms with Gasteiger partial charge in [-0.25, -0.2) is 0 Å². The van der Waals surface area contributed by atoms with Crippen molar-refractivity contribution in [3.63, 3.8) is 0 Å². The van der Waals surface area contributed by atoms with Crippen molar-refractivity contribution in [2.24, 2.45) is 5.73 Å². The molecule has 0 amide bonds. The third-order valence-corrected chi connectivity index (χ3v) is 3.36. The summed E-state index contributed by atoms with van der Waals surface area (Å²) in [5, 5.41) is 0. The van der Waals surface area contributed by atoms with Crippen LogP contribution in [0.4, 0.5) is 0 Å². The second-order valence-electron chi connectivity index (χ2n) is 3.60. The van der Waals surface area contributed by atoms with Gasteiger partial charge in [-0.3, -0.25) is 0 Å². The Balaban J connectivity index is 3.09. The molecule has 12 heavy (non-hydrogen) atoms. The van der Waals surface area contributed by atoms with Crippen molar-refractivity contribution >= 4 is 11.3 Å². The lowest BCUT2D eigenvalue weighted by Crippen LogP contribution is -2.32. The Labute approximate surface area is 78.6 Å². The lowest BCUT2D eigenvalue weighted by Gasteiger charge is -2.22. The Morgan fingerprint density at radius 3 is 2.42 bits per heavy atom. The van der Waals surface area contributed by atoms with Crippen LogP contribution in [0.3, 0.4) is 0 Å². The van der Waals surface area contributed by atoms with Gasteiger partial charge in [-0.15, -0.1) is 11.3 Å². The van der Waals surface area contributed by atoms with Crippen molar-refractivity contribution in [2.75, 3.05) is 0 Å². The standard InChI is InChI=1S/C10H17NS/c1-5-10(4,11)9-6-7(2)12-8(9)3/h6H,5,11H2,1-4H3. The van der Waals surface area contributed by atoms with Gasteiger partial charge in [0.05, 0.1) is 0 Å². The fourth-order valence-corrected chi connectivity index (χ4v) is 2.45. The maximum Gasteiger partial charge on any atom is 0.0389 e. The monoisotopic (exact) mass is 183 g/mol. The van der Waals surface area contributed by atoms with Crippen LogP contribution in [0.5, 0.6) is 0 Å². The van der Waals surface area contributed by atoms with Crippen LogP contribution in [-0.4, -0.2) is 0 Å². The molecule has 0 aromatic carbocycles. The number of rotatable bonds is 2. The number of nitrogens with two attached hydrogens (primary N) is 1. The summed E-state index contributed by atoms with van der Waals surface area (Å²) in [6.07, 6.45) is 0.990. The number of hydrogen-bond donors (Lipinski definition) is 1. The topological polar surface area (TPSA) is 26.0 Å². The fraction of sp³-hybridized carbons (Fsp3) is 0.600. The normalized spacial score (nSPS) is 16.1. The molecule has 1 unspecified atom stereocenters. The number of aryl methyl sites for hydroxylation is 2. The van der Waals surface area contributed by atoms with E-state index in [1.807, 2.05) is 11.3 Å². The smallest absolute Gasteiger partial charge is 0.0389 e. The number of hydrogen-bond acceptors (Lipinski definition) is 2. The highest BCUT2D eigenvalue weighted by Gasteiger charge is 2.21. The molecule has 1 heterocycles. The van der Waals surface area contributed by atoms with Crippen LogP contribution in [0.25, 0.3) is 0 Å². The van der Waals surface area contributed by atoms with E-state index in [9.17, 15) is 0 Å². The van der Waals surface area contributed by atoms with Crippen LogP contribution >= 0.6 is 11.3 Å². The van der Waals surface area contributed by atoms with E-state index in [0.29, 0.717) is 0 Å². The molecule has 1 nitrogen and oxygen atoms in total. The van der Waals surface area contributed by atoms with Crippen LogP contribution in [0, 0.1) is 13.8 Å². The molecule has 1 aromatic heterocycles. The summed E-state index contributed by atoms with van der Waals surface area (Å²) in [6, 6.07) is 2.21. The zero-order valence-corrected chi connectivity index (χ0v) is 9.09. The van der Waals surface area contributed by atoms with Gasteiger partial charge in [0.1, 0.15) is 0 Å². The Morgan fingerprint density at radius 1 is 1.50 bits per heavy atom. The minimum absolute atomic E-state index is 0.144. The van der Waals surface area contributed by atoms with Gasteiger partial charge in [0.15, 0.2) is 0 Å². The van der Waals surface area contributed by atoms with E-state index in [1.165, 1.54) is 15.3 Å². The van der Waals surface area contributed by atoms with Crippen molar-refractivity contribution in [1.82, 2.24) is 0 Å². The zero-order valence-electron chi connectivity index (χ0n) is 8.27. The summed E-state index contributed by atoms with van der Waals surface area (Å²) in [5.74, 6) is 0. The van der Waals surface area contributed by atoms with Gasteiger partial charge in [0.25, 0.3) is 0 Å². The molecule has 0 bridgehead atoms. The van der Waals surface area contributed by atoms with Gasteiger partial charge >= 0.3 is 0 Å². The molecular weight excluding hydrogens is 166 g/mol. The molecule has 1 aromatic rings. The van der Waals surface area contributed by atoms with E-state index in [0.717, 1.165) is 6.42 Å². The quantitative estimate of drug-likeness (QED) is 0.749. The first-order valence-electron chi connectivity index (χ1n) is 4.33. The summed E-state index contributed by atoms with van der Waals surface area (Å²) >= 11 is 1.83. The van der Waals surface area contributed by atoms with E-state index < -0.39 is 0 Å². The predicted molar refractivity (Wildman–Crippen MR) is 55.6 cm³/mol. The van der Waals surface area contributed by atoms with E-state index >= 15 is 0 Å². The first-order chi connectivity index (χ1) is 5.47. The Morgan fingerprint density at radius 2 is 2.08 bits per heavy atom. The molecule has 1 atom stereocenters. The predicted octanol–water partition coefficient (Wildman–Crippen LogP) is 2.95. The average molecular weight is 183 g/mol. The molecule has 0 radical (unpaired) electrons. The van der Waals surface area contributed by atoms with Crippen molar-refractivity contribution in [1.29, 1.82) is 0 Å². The van der Waals surface area contributed by atoms with Crippen LogP contribution in [0.2, 0.25) is 0 Å². The van der Waals surface area contributed by atoms with Crippen LogP contribution in [-0.2, 0) is 5.54 Å². The van der Waals surface area contributed by atoms with Crippen molar-refractivity contribution in [3.05, 3.63) is 21.4 Å². The molecule has 0 saturated carbocycles. The van der Waals surface area contributed by atoms with Crippen molar-refractivity contribution in [2.45, 2.75) is 39.7 Å². The summed E-state index contributed by atoms with van der Waals surface area (Å²) in [5.41, 5.74) is 7.33. The maximum atomic E-state index is 6.16. The van der Waals surface area contributed by atoms with Gasteiger partial charge < -0.3 is 5.73 Å². The molecule has 0 spiro atoms. The molecule has 0 aliphatic carbocycles. The van der Waals surface area contributed by atoms with Gasteiger partial charge in [-0.05, 0) is 38.8 Å². The van der Waals surface area contributed by atoms with E-state index in [-0.39, 0.29) is 5.54 Å². The average Bonchev–Trinajstić information content (AvgIpc) is 2.31. The highest BCUT2D eigenvalue weighted by molar-refractivity contribution is 7.12. The summed E-state index contributed by atoms with van der Waals surface area (Å²) in [6.45, 7) is 8.51. The van der Waals surface area contributed by atoms with Crippen LogP contribution in [0.1, 0.15) is 35.6 Å². The molecule has 0 fully saturated rings. The zero-order chi connectivity index (χ0) is 9.35. The Bertz CT molecular complexity index is 273. The molecule has 68 valence electrons. The summed E-state index contributed by atoms with van der Waals surface area (Å²) in [7, 11) is 0. The maximum absolute atomic E-state index is 6.16. The van der Waals surface area contributed by atoms with Crippen molar-refractivity contribution < 1.29 is 0 Å². The van der Waals surface area contributed by atoms with Gasteiger partial charge in [-0.1, -0.05) is 6.92 Å². The Hall–Kier alpha value is -0.340. The lowest BCUT2D eigenvalue weighted by atomic mass is 9.91. The third kappa shape index (κ3) is 1.70. The van der Waals surface area contributed by atoms with E-state index in [2.05, 4.69) is 33.8 Å². The molecule has 0 aliphatic rings. The van der Waals surface area contributed by atoms with Crippen molar-refractivity contribution in [3.8, 4) is 0 Å². The lowest BCUT2D eigenvalue weighted by molar-refractivity contribution is 0.476. The van der Waals surface area contributed by atoms with E-state index in [4.69, 9.17) is 5.73 Å². The minimum atomic E-state index is -0.144. The van der Waals surface area contributed by atoms with Gasteiger partial charge in [-0.2, -0.15) is 0 Å². The SMILES string of the molecule is CCC(C)(N)c1cc(C)sc1C. The molecule has 2 heteroatoms. The van der Waals surface area contributed by atoms with Crippen LogP contribution in [0.15, 0.2) is 6.07 Å². The first kappa shape index (κ1) is 9.75. The van der Waals surface area contributed by atoms with Gasteiger partial charge in [0, 0.05) is 15.3 Å². The van der Waals surface area contributed by atoms with Gasteiger partial charge in [0.2, 0.25) is 0 Å². The second kappa shape index (κ2) is 3.19. The molecular formula is C10H17NS. The van der Waals surface area contributed by atoms with E-state index in [1.54, 1.807) is 0 Å². The minimum Gasteiger partial charge on any atom is -0.322 e. The molecule has 0 aliphatic heterocycles. The molecule has 1 rings (SSSR count). The second-order valence-corrected chi connectivity index (χ2v) is 5.06. The highest BCUT2D eigenvalue weighted by Crippen LogP contribution is 2.30. The number of thiophene rings is 1. The van der Waals surface area contributed by atoms with Crippen LogP contribution < -0.4 is 5.73 Å².